The topological polar surface area (TPSA) is 105 Å². The lowest BCUT2D eigenvalue weighted by Gasteiger charge is -2.25. The molecule has 36 heavy (non-hydrogen) atoms. The minimum Gasteiger partial charge on any atom is -0.444 e. The zero-order valence-corrected chi connectivity index (χ0v) is 23.4. The Bertz CT molecular complexity index is 1260. The minimum atomic E-state index is -3.18. The number of amidine groups is 1. The van der Waals surface area contributed by atoms with E-state index < -0.39 is 33.5 Å². The summed E-state index contributed by atoms with van der Waals surface area (Å²) in [5, 5.41) is 2.88. The predicted molar refractivity (Wildman–Crippen MR) is 146 cm³/mol. The van der Waals surface area contributed by atoms with Gasteiger partial charge in [-0.1, -0.05) is 58.0 Å². The van der Waals surface area contributed by atoms with Crippen molar-refractivity contribution in [3.05, 3.63) is 64.6 Å². The van der Waals surface area contributed by atoms with Crippen LogP contribution in [-0.4, -0.2) is 60.0 Å². The molecule has 0 spiro atoms. The van der Waals surface area contributed by atoms with Gasteiger partial charge in [0, 0.05) is 21.8 Å². The van der Waals surface area contributed by atoms with Gasteiger partial charge in [0.25, 0.3) is 5.91 Å². The third-order valence-corrected chi connectivity index (χ3v) is 9.39. The van der Waals surface area contributed by atoms with E-state index in [1.165, 1.54) is 11.8 Å². The van der Waals surface area contributed by atoms with Crippen LogP contribution >= 0.6 is 27.7 Å². The Hall–Kier alpha value is -2.37. The van der Waals surface area contributed by atoms with E-state index in [-0.39, 0.29) is 29.2 Å². The van der Waals surface area contributed by atoms with E-state index >= 15 is 0 Å². The summed E-state index contributed by atoms with van der Waals surface area (Å²) in [6.07, 6.45) is -0.469. The zero-order chi connectivity index (χ0) is 26.1. The van der Waals surface area contributed by atoms with Gasteiger partial charge < -0.3 is 15.0 Å². The monoisotopic (exact) mass is 593 g/mol. The Morgan fingerprint density at radius 3 is 2.44 bits per heavy atom. The van der Waals surface area contributed by atoms with Crippen molar-refractivity contribution in [3.8, 4) is 0 Å². The number of sulfone groups is 1. The fourth-order valence-electron chi connectivity index (χ4n) is 4.14. The SMILES string of the molecule is CC(C)(C)OC(=O)N[C@H](Cc1ccccc1)C(=O)N=C1S[C@@H]2CS(=O)(=O)C[C@@H]2N1c1ccc(Br)cc1. The van der Waals surface area contributed by atoms with E-state index in [0.717, 1.165) is 15.7 Å². The summed E-state index contributed by atoms with van der Waals surface area (Å²) in [5.41, 5.74) is 0.888. The summed E-state index contributed by atoms with van der Waals surface area (Å²) in [6, 6.07) is 15.5. The number of nitrogens with one attached hydrogen (secondary N) is 1. The van der Waals surface area contributed by atoms with Gasteiger partial charge in [-0.2, -0.15) is 4.99 Å². The Balaban J connectivity index is 1.64. The molecule has 1 N–H and O–H groups in total. The second-order valence-electron chi connectivity index (χ2n) is 9.77. The smallest absolute Gasteiger partial charge is 0.408 e. The van der Waals surface area contributed by atoms with Gasteiger partial charge in [-0.3, -0.25) is 4.79 Å². The number of thioether (sulfide) groups is 1. The highest BCUT2D eigenvalue weighted by Gasteiger charge is 2.49. The number of benzene rings is 2. The molecule has 8 nitrogen and oxygen atoms in total. The molecule has 2 heterocycles. The molecule has 2 aliphatic heterocycles. The van der Waals surface area contributed by atoms with E-state index in [4.69, 9.17) is 4.74 Å². The van der Waals surface area contributed by atoms with Crippen molar-refractivity contribution < 1.29 is 22.7 Å². The van der Waals surface area contributed by atoms with Crippen LogP contribution in [0.1, 0.15) is 26.3 Å². The molecule has 4 rings (SSSR count). The number of anilines is 1. The highest BCUT2D eigenvalue weighted by molar-refractivity contribution is 9.10. The molecule has 0 saturated carbocycles. The van der Waals surface area contributed by atoms with E-state index in [1.54, 1.807) is 20.8 Å². The summed E-state index contributed by atoms with van der Waals surface area (Å²) in [5.74, 6) is -0.499. The first-order valence-corrected chi connectivity index (χ1v) is 15.0. The van der Waals surface area contributed by atoms with Crippen molar-refractivity contribution in [1.82, 2.24) is 5.32 Å². The summed E-state index contributed by atoms with van der Waals surface area (Å²) in [7, 11) is -3.18. The van der Waals surface area contributed by atoms with Crippen molar-refractivity contribution in [2.24, 2.45) is 4.99 Å². The molecular formula is C25H28BrN3O5S2. The summed E-state index contributed by atoms with van der Waals surface area (Å²) < 4.78 is 30.9. The van der Waals surface area contributed by atoms with Crippen LogP contribution in [0.25, 0.3) is 0 Å². The first-order chi connectivity index (χ1) is 16.9. The lowest BCUT2D eigenvalue weighted by atomic mass is 10.1. The van der Waals surface area contributed by atoms with Crippen LogP contribution in [0, 0.1) is 0 Å². The van der Waals surface area contributed by atoms with Crippen LogP contribution in [0.3, 0.4) is 0 Å². The highest BCUT2D eigenvalue weighted by Crippen LogP contribution is 2.41. The third kappa shape index (κ3) is 6.68. The molecular weight excluding hydrogens is 566 g/mol. The fraction of sp³-hybridized carbons (Fsp3) is 0.400. The number of aliphatic imine (C=N–C) groups is 1. The first kappa shape index (κ1) is 26.7. The maximum Gasteiger partial charge on any atom is 0.408 e. The van der Waals surface area contributed by atoms with Crippen molar-refractivity contribution in [2.45, 2.75) is 50.1 Å². The van der Waals surface area contributed by atoms with Gasteiger partial charge in [-0.15, -0.1) is 0 Å². The van der Waals surface area contributed by atoms with E-state index in [2.05, 4.69) is 26.2 Å². The molecule has 2 fully saturated rings. The zero-order valence-electron chi connectivity index (χ0n) is 20.2. The van der Waals surface area contributed by atoms with Crippen molar-refractivity contribution >= 4 is 60.4 Å². The minimum absolute atomic E-state index is 0.00244. The van der Waals surface area contributed by atoms with Gasteiger partial charge in [0.1, 0.15) is 11.6 Å². The highest BCUT2D eigenvalue weighted by atomic mass is 79.9. The molecule has 0 bridgehead atoms. The molecule has 2 aromatic carbocycles. The maximum absolute atomic E-state index is 13.5. The van der Waals surface area contributed by atoms with Crippen LogP contribution < -0.4 is 10.2 Å². The number of hydrogen-bond acceptors (Lipinski definition) is 6. The van der Waals surface area contributed by atoms with Gasteiger partial charge in [-0.05, 0) is 50.6 Å². The summed E-state index contributed by atoms with van der Waals surface area (Å²) in [6.45, 7) is 5.25. The Kier molecular flexibility index (Phi) is 7.82. The Morgan fingerprint density at radius 1 is 1.14 bits per heavy atom. The largest absolute Gasteiger partial charge is 0.444 e. The molecule has 2 aliphatic rings. The normalized spacial score (nSPS) is 22.8. The van der Waals surface area contributed by atoms with Crippen molar-refractivity contribution in [1.29, 1.82) is 0 Å². The Morgan fingerprint density at radius 2 is 1.81 bits per heavy atom. The molecule has 0 aliphatic carbocycles. The van der Waals surface area contributed by atoms with Crippen LogP contribution in [0.2, 0.25) is 0 Å². The number of rotatable bonds is 5. The van der Waals surface area contributed by atoms with E-state index in [0.29, 0.717) is 5.17 Å². The van der Waals surface area contributed by atoms with E-state index in [9.17, 15) is 18.0 Å². The second-order valence-corrected chi connectivity index (χ2v) is 14.0. The average molecular weight is 595 g/mol. The summed E-state index contributed by atoms with van der Waals surface area (Å²) in [4.78, 5) is 32.2. The molecule has 0 unspecified atom stereocenters. The van der Waals surface area contributed by atoms with Crippen molar-refractivity contribution in [2.75, 3.05) is 16.4 Å². The van der Waals surface area contributed by atoms with E-state index in [1.807, 2.05) is 59.5 Å². The van der Waals surface area contributed by atoms with Crippen LogP contribution in [0.4, 0.5) is 10.5 Å². The van der Waals surface area contributed by atoms with Crippen LogP contribution in [-0.2, 0) is 25.8 Å². The lowest BCUT2D eigenvalue weighted by Crippen LogP contribution is -2.45. The molecule has 2 saturated heterocycles. The number of nitrogens with zero attached hydrogens (tertiary/aromatic N) is 2. The van der Waals surface area contributed by atoms with Crippen LogP contribution in [0.15, 0.2) is 64.1 Å². The number of carbonyl (C=O) groups excluding carboxylic acids is 2. The summed E-state index contributed by atoms with van der Waals surface area (Å²) >= 11 is 4.71. The third-order valence-electron chi connectivity index (χ3n) is 5.65. The fourth-order valence-corrected chi connectivity index (χ4v) is 8.32. The number of halogens is 1. The van der Waals surface area contributed by atoms with Gasteiger partial charge >= 0.3 is 6.09 Å². The number of fused-ring (bicyclic) bond motifs is 1. The molecule has 192 valence electrons. The lowest BCUT2D eigenvalue weighted by molar-refractivity contribution is -0.119. The molecule has 2 aromatic rings. The number of carbonyl (C=O) groups is 2. The maximum atomic E-state index is 13.5. The van der Waals surface area contributed by atoms with Crippen LogP contribution in [0.5, 0.6) is 0 Å². The number of amides is 2. The molecule has 0 radical (unpaired) electrons. The van der Waals surface area contributed by atoms with Gasteiger partial charge in [0.2, 0.25) is 0 Å². The number of ether oxygens (including phenoxy) is 1. The second kappa shape index (κ2) is 10.5. The number of hydrogen-bond donors (Lipinski definition) is 1. The predicted octanol–water partition coefficient (Wildman–Crippen LogP) is 4.19. The quantitative estimate of drug-likeness (QED) is 0.554. The standard InChI is InChI=1S/C25H28BrN3O5S2/c1-25(2,3)34-24(31)27-19(13-16-7-5-4-6-8-16)22(30)28-23-29(18-11-9-17(26)10-12-18)20-14-36(32,33)15-21(20)35-23/h4-12,19-21H,13-15H2,1-3H3,(H,27,31)/t19-,20+,21-/m1/s1. The molecule has 3 atom stereocenters. The van der Waals surface area contributed by atoms with Gasteiger partial charge in [0.15, 0.2) is 15.0 Å². The Labute approximate surface area is 223 Å². The molecule has 11 heteroatoms. The van der Waals surface area contributed by atoms with Gasteiger partial charge in [0.05, 0.1) is 17.5 Å². The molecule has 2 amide bonds. The van der Waals surface area contributed by atoms with Crippen molar-refractivity contribution in [3.63, 3.8) is 0 Å². The average Bonchev–Trinajstić information content (AvgIpc) is 3.24. The number of alkyl carbamates (subject to hydrolysis) is 1. The first-order valence-electron chi connectivity index (χ1n) is 11.5. The van der Waals surface area contributed by atoms with Gasteiger partial charge in [-0.25, -0.2) is 13.2 Å². The molecule has 0 aromatic heterocycles.